The SMILES string of the molecule is COc1cc2c(Nc3ncc(CC(=O)Nc4cccc(F)c4)s3)ncnc2cc1OCCCN1CCC[C@H]1C(COP(=O)(O)O)(C(C)(C)C)C(C)(C)C. The van der Waals surface area contributed by atoms with E-state index in [1.807, 2.05) is 12.1 Å². The van der Waals surface area contributed by atoms with Gasteiger partial charge < -0.3 is 29.9 Å². The van der Waals surface area contributed by atoms with Gasteiger partial charge in [-0.15, -0.1) is 11.3 Å². The van der Waals surface area contributed by atoms with E-state index in [1.54, 1.807) is 19.4 Å². The number of rotatable bonds is 15. The van der Waals surface area contributed by atoms with Gasteiger partial charge in [0.05, 0.1) is 32.3 Å². The van der Waals surface area contributed by atoms with Crippen LogP contribution in [-0.2, 0) is 20.3 Å². The minimum Gasteiger partial charge on any atom is -0.493 e. The van der Waals surface area contributed by atoms with Crippen LogP contribution in [0.15, 0.2) is 48.9 Å². The van der Waals surface area contributed by atoms with Crippen LogP contribution < -0.4 is 20.1 Å². The number of carbonyl (C=O) groups is 1. The smallest absolute Gasteiger partial charge is 0.469 e. The summed E-state index contributed by atoms with van der Waals surface area (Å²) < 4.78 is 42.6. The standard InChI is InChI=1S/C37H50FN6O7PS/c1-35(2,3)37(36(4,5)6,22-51-52(46,47)48)31-13-9-14-44(31)15-10-16-50-30-20-28-27(19-29(30)49-7)33(41-23-40-28)43-34-39-21-26(53-34)18-32(45)42-25-12-8-11-24(38)17-25/h8,11-12,17,19-21,23,31H,9-10,13-16,18,22H2,1-7H3,(H,42,45)(H2,46,47,48)(H,39,40,41,43)/t31-/m0/s1. The van der Waals surface area contributed by atoms with Gasteiger partial charge in [-0.25, -0.2) is 23.9 Å². The Labute approximate surface area is 313 Å². The Balaban J connectivity index is 1.24. The van der Waals surface area contributed by atoms with E-state index in [0.717, 1.165) is 25.9 Å². The maximum Gasteiger partial charge on any atom is 0.469 e. The van der Waals surface area contributed by atoms with Crippen LogP contribution in [0.5, 0.6) is 11.5 Å². The molecule has 2 aromatic carbocycles. The zero-order valence-electron chi connectivity index (χ0n) is 31.3. The molecule has 4 N–H and O–H groups in total. The van der Waals surface area contributed by atoms with Gasteiger partial charge in [0.2, 0.25) is 5.91 Å². The zero-order chi connectivity index (χ0) is 38.6. The third-order valence-electron chi connectivity index (χ3n) is 10.1. The number of benzene rings is 2. The molecule has 53 heavy (non-hydrogen) atoms. The number of methoxy groups -OCH3 is 1. The van der Waals surface area contributed by atoms with Gasteiger partial charge in [0.1, 0.15) is 18.0 Å². The molecule has 0 radical (unpaired) electrons. The fourth-order valence-corrected chi connectivity index (χ4v) is 9.04. The lowest BCUT2D eigenvalue weighted by Gasteiger charge is -2.58. The van der Waals surface area contributed by atoms with Crippen LogP contribution in [0.4, 0.5) is 21.0 Å². The highest BCUT2D eigenvalue weighted by Crippen LogP contribution is 2.59. The Morgan fingerprint density at radius 2 is 1.83 bits per heavy atom. The number of carbonyl (C=O) groups excluding carboxylic acids is 1. The predicted molar refractivity (Wildman–Crippen MR) is 204 cm³/mol. The number of thiazole rings is 1. The second-order valence-electron chi connectivity index (χ2n) is 15.4. The average Bonchev–Trinajstić information content (AvgIpc) is 3.70. The zero-order valence-corrected chi connectivity index (χ0v) is 33.0. The third-order valence-corrected chi connectivity index (χ3v) is 11.4. The average molecular weight is 773 g/mol. The molecule has 1 amide bonds. The van der Waals surface area contributed by atoms with Crippen LogP contribution in [0.1, 0.15) is 65.7 Å². The molecule has 1 saturated heterocycles. The molecule has 0 unspecified atom stereocenters. The highest BCUT2D eigenvalue weighted by molar-refractivity contribution is 7.46. The summed E-state index contributed by atoms with van der Waals surface area (Å²) in [6.07, 6.45) is 5.74. The first-order chi connectivity index (χ1) is 24.9. The number of ether oxygens (including phenoxy) is 2. The number of nitrogens with zero attached hydrogens (tertiary/aromatic N) is 4. The fourth-order valence-electron chi connectivity index (χ4n) is 7.86. The van der Waals surface area contributed by atoms with E-state index in [-0.39, 0.29) is 35.8 Å². The highest BCUT2D eigenvalue weighted by atomic mass is 32.1. The van der Waals surface area contributed by atoms with E-state index in [4.69, 9.17) is 14.0 Å². The molecule has 1 aliphatic rings. The van der Waals surface area contributed by atoms with Gasteiger partial charge in [-0.2, -0.15) is 0 Å². The summed E-state index contributed by atoms with van der Waals surface area (Å²) >= 11 is 1.30. The number of anilines is 3. The van der Waals surface area contributed by atoms with Crippen molar-refractivity contribution in [2.45, 2.75) is 73.3 Å². The molecule has 288 valence electrons. The molecule has 0 saturated carbocycles. The number of likely N-dealkylation sites (tertiary alicyclic amines) is 1. The largest absolute Gasteiger partial charge is 0.493 e. The number of nitrogens with one attached hydrogen (secondary N) is 2. The number of fused-ring (bicyclic) bond motifs is 1. The minimum absolute atomic E-state index is 0.0478. The number of hydrogen-bond donors (Lipinski definition) is 4. The van der Waals surface area contributed by atoms with Crippen LogP contribution in [0.25, 0.3) is 10.9 Å². The quantitative estimate of drug-likeness (QED) is 0.0692. The topological polar surface area (TPSA) is 168 Å². The lowest BCUT2D eigenvalue weighted by molar-refractivity contribution is -0.124. The lowest BCUT2D eigenvalue weighted by Crippen LogP contribution is -2.60. The van der Waals surface area contributed by atoms with Gasteiger partial charge in [0.25, 0.3) is 0 Å². The number of halogens is 1. The molecule has 4 aromatic rings. The van der Waals surface area contributed by atoms with Crippen LogP contribution >= 0.6 is 19.2 Å². The van der Waals surface area contributed by atoms with E-state index in [9.17, 15) is 23.5 Å². The summed E-state index contributed by atoms with van der Waals surface area (Å²) in [5, 5.41) is 7.15. The third kappa shape index (κ3) is 9.69. The summed E-state index contributed by atoms with van der Waals surface area (Å²) in [4.78, 5) is 48.3. The molecule has 0 aliphatic carbocycles. The molecule has 3 heterocycles. The van der Waals surface area contributed by atoms with E-state index < -0.39 is 19.1 Å². The van der Waals surface area contributed by atoms with Crippen LogP contribution in [0.2, 0.25) is 0 Å². The van der Waals surface area contributed by atoms with Crippen molar-refractivity contribution in [3.63, 3.8) is 0 Å². The second kappa shape index (κ2) is 16.3. The highest BCUT2D eigenvalue weighted by Gasteiger charge is 2.58. The van der Waals surface area contributed by atoms with Gasteiger partial charge in [-0.05, 0) is 60.9 Å². The molecule has 1 fully saturated rings. The monoisotopic (exact) mass is 772 g/mol. The Morgan fingerprint density at radius 1 is 1.08 bits per heavy atom. The Hall–Kier alpha value is -3.72. The normalized spacial score (nSPS) is 15.8. The van der Waals surface area contributed by atoms with Crippen molar-refractivity contribution in [2.75, 3.05) is 44.0 Å². The van der Waals surface area contributed by atoms with Gasteiger partial charge >= 0.3 is 7.82 Å². The predicted octanol–water partition coefficient (Wildman–Crippen LogP) is 7.58. The van der Waals surface area contributed by atoms with Crippen molar-refractivity contribution in [1.29, 1.82) is 0 Å². The minimum atomic E-state index is -4.67. The summed E-state index contributed by atoms with van der Waals surface area (Å²) in [7, 11) is -3.10. The summed E-state index contributed by atoms with van der Waals surface area (Å²) in [6, 6.07) is 9.41. The van der Waals surface area contributed by atoms with Crippen molar-refractivity contribution in [3.05, 3.63) is 59.6 Å². The van der Waals surface area contributed by atoms with Crippen LogP contribution in [-0.4, -0.2) is 75.0 Å². The summed E-state index contributed by atoms with van der Waals surface area (Å²) in [6.45, 7) is 14.8. The number of phosphoric acid groups is 1. The van der Waals surface area contributed by atoms with Crippen molar-refractivity contribution in [1.82, 2.24) is 19.9 Å². The molecule has 5 rings (SSSR count). The van der Waals surface area contributed by atoms with E-state index in [2.05, 4.69) is 72.0 Å². The number of amides is 1. The first kappa shape index (κ1) is 40.5. The Kier molecular flexibility index (Phi) is 12.5. The Morgan fingerprint density at radius 3 is 2.51 bits per heavy atom. The Bertz CT molecular complexity index is 1930. The van der Waals surface area contributed by atoms with Crippen molar-refractivity contribution in [2.24, 2.45) is 16.2 Å². The van der Waals surface area contributed by atoms with Gasteiger partial charge in [-0.1, -0.05) is 47.6 Å². The molecule has 1 atom stereocenters. The van der Waals surface area contributed by atoms with Gasteiger partial charge in [-0.3, -0.25) is 14.2 Å². The lowest BCUT2D eigenvalue weighted by atomic mass is 9.50. The fraction of sp³-hybridized carbons (Fsp3) is 0.514. The van der Waals surface area contributed by atoms with Crippen molar-refractivity contribution in [3.8, 4) is 11.5 Å². The number of hydrogen-bond acceptors (Lipinski definition) is 11. The molecule has 13 nitrogen and oxygen atoms in total. The first-order valence-corrected chi connectivity index (χ1v) is 19.9. The molecular weight excluding hydrogens is 722 g/mol. The first-order valence-electron chi connectivity index (χ1n) is 17.6. The maximum atomic E-state index is 13.5. The summed E-state index contributed by atoms with van der Waals surface area (Å²) in [5.41, 5.74) is -0.168. The van der Waals surface area contributed by atoms with Crippen LogP contribution in [0, 0.1) is 22.1 Å². The molecule has 0 bridgehead atoms. The number of aromatic nitrogens is 3. The van der Waals surface area contributed by atoms with Gasteiger partial charge in [0, 0.05) is 46.2 Å². The second-order valence-corrected chi connectivity index (χ2v) is 17.7. The van der Waals surface area contributed by atoms with Crippen LogP contribution in [0.3, 0.4) is 0 Å². The molecule has 1 aliphatic heterocycles. The van der Waals surface area contributed by atoms with E-state index in [1.165, 1.54) is 35.9 Å². The van der Waals surface area contributed by atoms with Crippen molar-refractivity contribution >= 4 is 52.6 Å². The molecule has 0 spiro atoms. The molecular formula is C37H50FN6O7PS. The van der Waals surface area contributed by atoms with E-state index >= 15 is 0 Å². The molecule has 2 aromatic heterocycles. The van der Waals surface area contributed by atoms with Crippen molar-refractivity contribution < 1.29 is 37.5 Å². The van der Waals surface area contributed by atoms with Gasteiger partial charge in [0.15, 0.2) is 16.6 Å². The maximum absolute atomic E-state index is 13.5. The summed E-state index contributed by atoms with van der Waals surface area (Å²) in [5.74, 6) is 0.845. The van der Waals surface area contributed by atoms with E-state index in [0.29, 0.717) is 56.9 Å². The molecule has 16 heteroatoms. The number of phosphoric ester groups is 1.